The van der Waals surface area contributed by atoms with Gasteiger partial charge in [0.15, 0.2) is 0 Å². The molecule has 0 saturated carbocycles. The third kappa shape index (κ3) is 3.57. The molecule has 0 aromatic carbocycles. The Labute approximate surface area is 111 Å². The van der Waals surface area contributed by atoms with Gasteiger partial charge in [-0.15, -0.1) is 11.3 Å². The molecule has 1 fully saturated rings. The maximum atomic E-state index is 3.58. The van der Waals surface area contributed by atoms with E-state index in [0.29, 0.717) is 0 Å². The average molecular weight is 302 g/mol. The number of nitrogens with zero attached hydrogens (tertiary/aromatic N) is 1. The zero-order chi connectivity index (χ0) is 11.2. The first-order valence-electron chi connectivity index (χ1n) is 6.22. The SMILES string of the molecule is BrCCC1CCCCN1CCc1cccs1. The van der Waals surface area contributed by atoms with Gasteiger partial charge in [-0.05, 0) is 43.7 Å². The molecule has 2 heterocycles. The van der Waals surface area contributed by atoms with E-state index >= 15 is 0 Å². The van der Waals surface area contributed by atoms with Crippen LogP contribution in [-0.2, 0) is 6.42 Å². The van der Waals surface area contributed by atoms with Crippen LogP contribution in [0.25, 0.3) is 0 Å². The second-order valence-electron chi connectivity index (χ2n) is 4.49. The Bertz CT molecular complexity index is 284. The summed E-state index contributed by atoms with van der Waals surface area (Å²) >= 11 is 5.47. The lowest BCUT2D eigenvalue weighted by atomic mass is 10.00. The normalized spacial score (nSPS) is 22.4. The molecule has 1 saturated heterocycles. The summed E-state index contributed by atoms with van der Waals surface area (Å²) in [6, 6.07) is 5.24. The highest BCUT2D eigenvalue weighted by atomic mass is 79.9. The average Bonchev–Trinajstić information content (AvgIpc) is 2.81. The van der Waals surface area contributed by atoms with Crippen molar-refractivity contribution in [1.82, 2.24) is 4.90 Å². The van der Waals surface area contributed by atoms with Crippen molar-refractivity contribution in [3.63, 3.8) is 0 Å². The van der Waals surface area contributed by atoms with E-state index in [4.69, 9.17) is 0 Å². The van der Waals surface area contributed by atoms with Gasteiger partial charge in [-0.25, -0.2) is 0 Å². The van der Waals surface area contributed by atoms with Gasteiger partial charge in [-0.1, -0.05) is 28.4 Å². The Morgan fingerprint density at radius 2 is 2.38 bits per heavy atom. The highest BCUT2D eigenvalue weighted by molar-refractivity contribution is 9.09. The molecule has 2 rings (SSSR count). The summed E-state index contributed by atoms with van der Waals surface area (Å²) in [6.45, 7) is 2.56. The number of hydrogen-bond acceptors (Lipinski definition) is 2. The number of likely N-dealkylation sites (tertiary alicyclic amines) is 1. The van der Waals surface area contributed by atoms with Crippen molar-refractivity contribution in [2.75, 3.05) is 18.4 Å². The number of alkyl halides is 1. The summed E-state index contributed by atoms with van der Waals surface area (Å²) in [5.41, 5.74) is 0. The molecule has 1 aromatic rings. The molecule has 0 amide bonds. The third-order valence-electron chi connectivity index (χ3n) is 3.42. The summed E-state index contributed by atoms with van der Waals surface area (Å²) in [4.78, 5) is 4.23. The van der Waals surface area contributed by atoms with Gasteiger partial charge in [0.2, 0.25) is 0 Å². The predicted molar refractivity (Wildman–Crippen MR) is 75.6 cm³/mol. The van der Waals surface area contributed by atoms with E-state index in [2.05, 4.69) is 38.3 Å². The highest BCUT2D eigenvalue weighted by Crippen LogP contribution is 2.21. The van der Waals surface area contributed by atoms with Crippen molar-refractivity contribution < 1.29 is 0 Å². The van der Waals surface area contributed by atoms with E-state index < -0.39 is 0 Å². The standard InChI is InChI=1S/C13H20BrNS/c14-8-6-12-4-1-2-9-15(12)10-7-13-5-3-11-16-13/h3,5,11-12H,1-2,4,6-10H2. The summed E-state index contributed by atoms with van der Waals surface area (Å²) in [5.74, 6) is 0. The molecule has 1 nitrogen and oxygen atoms in total. The zero-order valence-corrected chi connectivity index (χ0v) is 12.1. The lowest BCUT2D eigenvalue weighted by molar-refractivity contribution is 0.147. The van der Waals surface area contributed by atoms with Crippen LogP contribution in [0.1, 0.15) is 30.6 Å². The molecule has 0 radical (unpaired) electrons. The van der Waals surface area contributed by atoms with Crippen molar-refractivity contribution in [3.05, 3.63) is 22.4 Å². The van der Waals surface area contributed by atoms with Crippen molar-refractivity contribution >= 4 is 27.3 Å². The molecule has 0 aliphatic carbocycles. The lowest BCUT2D eigenvalue weighted by Gasteiger charge is -2.35. The fourth-order valence-electron chi connectivity index (χ4n) is 2.52. The highest BCUT2D eigenvalue weighted by Gasteiger charge is 2.21. The van der Waals surface area contributed by atoms with E-state index in [1.165, 1.54) is 50.1 Å². The molecule has 1 aliphatic heterocycles. The van der Waals surface area contributed by atoms with E-state index in [1.54, 1.807) is 0 Å². The van der Waals surface area contributed by atoms with Gasteiger partial charge in [0.1, 0.15) is 0 Å². The second kappa shape index (κ2) is 6.77. The van der Waals surface area contributed by atoms with Crippen molar-refractivity contribution in [3.8, 4) is 0 Å². The minimum absolute atomic E-state index is 0.827. The predicted octanol–water partition coefficient (Wildman–Crippen LogP) is 3.93. The van der Waals surface area contributed by atoms with Gasteiger partial charge in [-0.3, -0.25) is 4.90 Å². The number of hydrogen-bond donors (Lipinski definition) is 0. The van der Waals surface area contributed by atoms with Crippen LogP contribution in [0, 0.1) is 0 Å². The summed E-state index contributed by atoms with van der Waals surface area (Å²) in [6.07, 6.45) is 6.76. The Morgan fingerprint density at radius 3 is 3.12 bits per heavy atom. The largest absolute Gasteiger partial charge is 0.300 e. The van der Waals surface area contributed by atoms with Gasteiger partial charge in [0.05, 0.1) is 0 Å². The summed E-state index contributed by atoms with van der Waals surface area (Å²) < 4.78 is 0. The summed E-state index contributed by atoms with van der Waals surface area (Å²) in [5, 5.41) is 3.33. The molecular weight excluding hydrogens is 282 g/mol. The van der Waals surface area contributed by atoms with Gasteiger partial charge in [-0.2, -0.15) is 0 Å². The van der Waals surface area contributed by atoms with Crippen molar-refractivity contribution in [1.29, 1.82) is 0 Å². The molecule has 1 unspecified atom stereocenters. The first-order chi connectivity index (χ1) is 7.90. The van der Waals surface area contributed by atoms with E-state index in [1.807, 2.05) is 11.3 Å². The third-order valence-corrected chi connectivity index (χ3v) is 4.81. The van der Waals surface area contributed by atoms with Gasteiger partial charge < -0.3 is 0 Å². The van der Waals surface area contributed by atoms with Crippen LogP contribution in [0.3, 0.4) is 0 Å². The second-order valence-corrected chi connectivity index (χ2v) is 6.32. The maximum Gasteiger partial charge on any atom is 0.0103 e. The van der Waals surface area contributed by atoms with Crippen molar-refractivity contribution in [2.24, 2.45) is 0 Å². The van der Waals surface area contributed by atoms with Gasteiger partial charge in [0.25, 0.3) is 0 Å². The van der Waals surface area contributed by atoms with Crippen LogP contribution >= 0.6 is 27.3 Å². The van der Waals surface area contributed by atoms with E-state index in [-0.39, 0.29) is 0 Å². The van der Waals surface area contributed by atoms with Crippen LogP contribution in [-0.4, -0.2) is 29.4 Å². The zero-order valence-electron chi connectivity index (χ0n) is 9.70. The molecule has 3 heteroatoms. The van der Waals surface area contributed by atoms with Crippen LogP contribution in [0.2, 0.25) is 0 Å². The molecular formula is C13H20BrNS. The molecule has 1 atom stereocenters. The minimum Gasteiger partial charge on any atom is -0.300 e. The first-order valence-corrected chi connectivity index (χ1v) is 8.22. The van der Waals surface area contributed by atoms with E-state index in [0.717, 1.165) is 11.4 Å². The maximum absolute atomic E-state index is 3.58. The topological polar surface area (TPSA) is 3.24 Å². The molecule has 0 bridgehead atoms. The van der Waals surface area contributed by atoms with E-state index in [9.17, 15) is 0 Å². The lowest BCUT2D eigenvalue weighted by Crippen LogP contribution is -2.40. The van der Waals surface area contributed by atoms with Crippen molar-refractivity contribution in [2.45, 2.75) is 38.1 Å². The van der Waals surface area contributed by atoms with Crippen LogP contribution in [0.5, 0.6) is 0 Å². The fourth-order valence-corrected chi connectivity index (χ4v) is 3.74. The van der Waals surface area contributed by atoms with Crippen LogP contribution in [0.15, 0.2) is 17.5 Å². The fraction of sp³-hybridized carbons (Fsp3) is 0.692. The minimum atomic E-state index is 0.827. The van der Waals surface area contributed by atoms with Gasteiger partial charge in [0, 0.05) is 22.8 Å². The summed E-state index contributed by atoms with van der Waals surface area (Å²) in [7, 11) is 0. The number of rotatable bonds is 5. The molecule has 0 spiro atoms. The molecule has 1 aromatic heterocycles. The number of piperidine rings is 1. The Hall–Kier alpha value is 0.140. The molecule has 90 valence electrons. The molecule has 16 heavy (non-hydrogen) atoms. The first kappa shape index (κ1) is 12.6. The molecule has 0 N–H and O–H groups in total. The Kier molecular flexibility index (Phi) is 5.33. The molecule has 1 aliphatic rings. The van der Waals surface area contributed by atoms with Gasteiger partial charge >= 0.3 is 0 Å². The smallest absolute Gasteiger partial charge is 0.0103 e. The number of thiophene rings is 1. The van der Waals surface area contributed by atoms with Crippen LogP contribution in [0.4, 0.5) is 0 Å². The number of halogens is 1. The quantitative estimate of drug-likeness (QED) is 0.745. The van der Waals surface area contributed by atoms with Crippen LogP contribution < -0.4 is 0 Å². The monoisotopic (exact) mass is 301 g/mol. The Morgan fingerprint density at radius 1 is 1.44 bits per heavy atom. The Balaban J connectivity index is 1.81.